The van der Waals surface area contributed by atoms with E-state index in [1.165, 1.54) is 0 Å². The summed E-state index contributed by atoms with van der Waals surface area (Å²) in [4.78, 5) is 14.2. The second-order valence-corrected chi connectivity index (χ2v) is 6.13. The van der Waals surface area contributed by atoms with Crippen LogP contribution in [0, 0.1) is 0 Å². The van der Waals surface area contributed by atoms with Gasteiger partial charge in [-0.05, 0) is 45.0 Å². The summed E-state index contributed by atoms with van der Waals surface area (Å²) >= 11 is 3.37. The summed E-state index contributed by atoms with van der Waals surface area (Å²) in [5.74, 6) is 0.707. The average Bonchev–Trinajstić information content (AvgIpc) is 2.39. The van der Waals surface area contributed by atoms with Gasteiger partial charge in [-0.2, -0.15) is 0 Å². The van der Waals surface area contributed by atoms with Gasteiger partial charge in [0.2, 0.25) is 0 Å². The van der Waals surface area contributed by atoms with Crippen molar-refractivity contribution in [1.29, 1.82) is 0 Å². The number of amides is 1. The third kappa shape index (κ3) is 3.96. The van der Waals surface area contributed by atoms with E-state index in [4.69, 9.17) is 9.47 Å². The lowest BCUT2D eigenvalue weighted by Crippen LogP contribution is -2.51. The minimum atomic E-state index is -0.492. The number of halogens is 1. The van der Waals surface area contributed by atoms with Crippen molar-refractivity contribution in [1.82, 2.24) is 4.90 Å². The molecule has 0 radical (unpaired) electrons. The Kier molecular flexibility index (Phi) is 5.05. The minimum Gasteiger partial charge on any atom is -0.481 e. The maximum absolute atomic E-state index is 12.4. The van der Waals surface area contributed by atoms with Gasteiger partial charge in [-0.25, -0.2) is 0 Å². The molecule has 1 aliphatic rings. The molecule has 0 N–H and O–H groups in total. The zero-order chi connectivity index (χ0) is 14.7. The number of carbonyl (C=O) groups excluding carboxylic acids is 1. The normalized spacial score (nSPS) is 24.3. The van der Waals surface area contributed by atoms with Crippen LogP contribution in [0.15, 0.2) is 28.7 Å². The van der Waals surface area contributed by atoms with Crippen molar-refractivity contribution in [2.45, 2.75) is 39.1 Å². The van der Waals surface area contributed by atoms with Crippen molar-refractivity contribution >= 4 is 21.8 Å². The lowest BCUT2D eigenvalue weighted by molar-refractivity contribution is -0.149. The molecule has 1 amide bonds. The topological polar surface area (TPSA) is 38.8 Å². The number of carbonyl (C=O) groups is 1. The van der Waals surface area contributed by atoms with E-state index in [9.17, 15) is 4.79 Å². The monoisotopic (exact) mass is 341 g/mol. The highest BCUT2D eigenvalue weighted by atomic mass is 79.9. The molecule has 4 nitrogen and oxygen atoms in total. The van der Waals surface area contributed by atoms with E-state index in [-0.39, 0.29) is 18.1 Å². The predicted molar refractivity (Wildman–Crippen MR) is 80.8 cm³/mol. The molecule has 110 valence electrons. The van der Waals surface area contributed by atoms with Crippen LogP contribution in [0.25, 0.3) is 0 Å². The van der Waals surface area contributed by atoms with Crippen LogP contribution >= 0.6 is 15.9 Å². The van der Waals surface area contributed by atoms with E-state index in [0.29, 0.717) is 18.8 Å². The number of benzene rings is 1. The summed E-state index contributed by atoms with van der Waals surface area (Å²) in [7, 11) is 0. The van der Waals surface area contributed by atoms with Crippen LogP contribution < -0.4 is 4.74 Å². The molecule has 3 atom stereocenters. The summed E-state index contributed by atoms with van der Waals surface area (Å²) in [5, 5.41) is 0. The quantitative estimate of drug-likeness (QED) is 0.848. The van der Waals surface area contributed by atoms with E-state index in [1.54, 1.807) is 6.92 Å². The first-order chi connectivity index (χ1) is 9.45. The molecule has 0 aromatic heterocycles. The first kappa shape index (κ1) is 15.3. The molecular weight excluding hydrogens is 322 g/mol. The molecule has 1 fully saturated rings. The minimum absolute atomic E-state index is 0.00918. The molecule has 2 rings (SSSR count). The number of morpholine rings is 1. The maximum atomic E-state index is 12.4. The Labute approximate surface area is 128 Å². The van der Waals surface area contributed by atoms with Crippen molar-refractivity contribution in [3.63, 3.8) is 0 Å². The molecule has 0 aliphatic carbocycles. The van der Waals surface area contributed by atoms with Gasteiger partial charge in [-0.15, -0.1) is 0 Å². The maximum Gasteiger partial charge on any atom is 0.263 e. The molecule has 0 spiro atoms. The van der Waals surface area contributed by atoms with E-state index in [1.807, 2.05) is 43.0 Å². The third-order valence-corrected chi connectivity index (χ3v) is 3.73. The number of ether oxygens (including phenoxy) is 2. The van der Waals surface area contributed by atoms with E-state index in [0.717, 1.165) is 4.47 Å². The van der Waals surface area contributed by atoms with E-state index in [2.05, 4.69) is 15.9 Å². The fraction of sp³-hybridized carbons (Fsp3) is 0.533. The van der Waals surface area contributed by atoms with Crippen LogP contribution in [0.5, 0.6) is 5.75 Å². The second kappa shape index (κ2) is 6.59. The molecule has 20 heavy (non-hydrogen) atoms. The molecular formula is C15H20BrNO3. The van der Waals surface area contributed by atoms with E-state index < -0.39 is 6.10 Å². The van der Waals surface area contributed by atoms with Gasteiger partial charge in [-0.1, -0.05) is 15.9 Å². The number of hydrogen-bond donors (Lipinski definition) is 0. The van der Waals surface area contributed by atoms with Crippen LogP contribution in [-0.4, -0.2) is 42.2 Å². The number of nitrogens with zero attached hydrogens (tertiary/aromatic N) is 1. The van der Waals surface area contributed by atoms with Crippen LogP contribution in [0.1, 0.15) is 20.8 Å². The Morgan fingerprint density at radius 3 is 2.40 bits per heavy atom. The largest absolute Gasteiger partial charge is 0.481 e. The second-order valence-electron chi connectivity index (χ2n) is 5.21. The van der Waals surface area contributed by atoms with Crippen molar-refractivity contribution in [2.24, 2.45) is 0 Å². The summed E-state index contributed by atoms with van der Waals surface area (Å²) in [6.07, 6.45) is -0.348. The fourth-order valence-electron chi connectivity index (χ4n) is 2.38. The van der Waals surface area contributed by atoms with Gasteiger partial charge < -0.3 is 14.4 Å². The number of rotatable bonds is 3. The summed E-state index contributed by atoms with van der Waals surface area (Å²) in [6.45, 7) is 7.00. The molecule has 0 bridgehead atoms. The average molecular weight is 342 g/mol. The van der Waals surface area contributed by atoms with Crippen molar-refractivity contribution in [2.75, 3.05) is 13.1 Å². The Bertz CT molecular complexity index is 453. The van der Waals surface area contributed by atoms with Gasteiger partial charge in [0, 0.05) is 17.6 Å². The Hall–Kier alpha value is -1.07. The predicted octanol–water partition coefficient (Wildman–Crippen LogP) is 2.85. The van der Waals surface area contributed by atoms with Gasteiger partial charge in [-0.3, -0.25) is 4.79 Å². The van der Waals surface area contributed by atoms with Crippen LogP contribution in [0.4, 0.5) is 0 Å². The molecule has 1 aromatic carbocycles. The SMILES string of the molecule is CC1CN(C(=O)C(C)Oc2ccc(Br)cc2)CC(C)O1. The molecule has 3 unspecified atom stereocenters. The lowest BCUT2D eigenvalue weighted by atomic mass is 10.2. The molecule has 1 aromatic rings. The Morgan fingerprint density at radius 1 is 1.30 bits per heavy atom. The molecule has 1 saturated heterocycles. The van der Waals surface area contributed by atoms with Gasteiger partial charge in [0.1, 0.15) is 5.75 Å². The highest BCUT2D eigenvalue weighted by Crippen LogP contribution is 2.19. The van der Waals surface area contributed by atoms with Crippen LogP contribution in [0.3, 0.4) is 0 Å². The van der Waals surface area contributed by atoms with Gasteiger partial charge >= 0.3 is 0 Å². The van der Waals surface area contributed by atoms with Crippen molar-refractivity contribution < 1.29 is 14.3 Å². The van der Waals surface area contributed by atoms with Crippen LogP contribution in [0.2, 0.25) is 0 Å². The van der Waals surface area contributed by atoms with Gasteiger partial charge in [0.15, 0.2) is 6.10 Å². The van der Waals surface area contributed by atoms with Gasteiger partial charge in [0.05, 0.1) is 12.2 Å². The molecule has 1 heterocycles. The zero-order valence-corrected chi connectivity index (χ0v) is 13.6. The molecule has 1 aliphatic heterocycles. The van der Waals surface area contributed by atoms with E-state index >= 15 is 0 Å². The summed E-state index contributed by atoms with van der Waals surface area (Å²) < 4.78 is 12.3. The third-order valence-electron chi connectivity index (χ3n) is 3.21. The fourth-order valence-corrected chi connectivity index (χ4v) is 2.65. The lowest BCUT2D eigenvalue weighted by Gasteiger charge is -2.36. The molecule has 0 saturated carbocycles. The summed E-state index contributed by atoms with van der Waals surface area (Å²) in [5.41, 5.74) is 0. The zero-order valence-electron chi connectivity index (χ0n) is 12.0. The highest BCUT2D eigenvalue weighted by molar-refractivity contribution is 9.10. The van der Waals surface area contributed by atoms with Crippen LogP contribution in [-0.2, 0) is 9.53 Å². The smallest absolute Gasteiger partial charge is 0.263 e. The van der Waals surface area contributed by atoms with Crippen molar-refractivity contribution in [3.8, 4) is 5.75 Å². The molecule has 5 heteroatoms. The first-order valence-corrected chi connectivity index (χ1v) is 7.61. The summed E-state index contributed by atoms with van der Waals surface area (Å²) in [6, 6.07) is 7.48. The van der Waals surface area contributed by atoms with Crippen molar-refractivity contribution in [3.05, 3.63) is 28.7 Å². The number of hydrogen-bond acceptors (Lipinski definition) is 3. The Balaban J connectivity index is 1.96. The standard InChI is InChI=1S/C15H20BrNO3/c1-10-8-17(9-11(2)19-10)15(18)12(3)20-14-6-4-13(16)5-7-14/h4-7,10-12H,8-9H2,1-3H3. The van der Waals surface area contributed by atoms with Gasteiger partial charge in [0.25, 0.3) is 5.91 Å². The first-order valence-electron chi connectivity index (χ1n) is 6.82. The Morgan fingerprint density at radius 2 is 1.85 bits per heavy atom. The highest BCUT2D eigenvalue weighted by Gasteiger charge is 2.29.